The normalized spacial score (nSPS) is 5.40. The number of halogens is 3. The first-order valence-electron chi connectivity index (χ1n) is 0.655. The zero-order valence-electron chi connectivity index (χ0n) is 1.71. The van der Waals surface area contributed by atoms with Crippen molar-refractivity contribution in [3.05, 3.63) is 0 Å². The molecule has 0 radical (unpaired) electrons. The van der Waals surface area contributed by atoms with Crippen LogP contribution in [0.25, 0.3) is 0 Å². The zero-order chi connectivity index (χ0) is 3.58. The van der Waals surface area contributed by atoms with Crippen LogP contribution in [0.3, 0.4) is 0 Å². The van der Waals surface area contributed by atoms with Crippen molar-refractivity contribution in [2.24, 2.45) is 0 Å². The molecule has 0 atom stereocenters. The van der Waals surface area contributed by atoms with E-state index in [1.807, 2.05) is 0 Å². The van der Waals surface area contributed by atoms with E-state index in [0.717, 1.165) is 0 Å². The molecule has 0 aromatic rings. The van der Waals surface area contributed by atoms with Crippen molar-refractivity contribution in [3.63, 3.8) is 0 Å². The van der Waals surface area contributed by atoms with Crippen LogP contribution < -0.4 is 0 Å². The maximum absolute atomic E-state index is 3.31. The van der Waals surface area contributed by atoms with E-state index in [-0.39, 0.29) is 18.9 Å². The Bertz CT molecular complexity index is 11.6. The molecule has 0 spiro atoms. The Labute approximate surface area is 68.7 Å². The minimum atomic E-state index is -1.20. The summed E-state index contributed by atoms with van der Waals surface area (Å²) in [5, 5.41) is 0. The molecule has 0 saturated carbocycles. The predicted molar refractivity (Wildman–Crippen MR) is 39.7 cm³/mol. The predicted octanol–water partition coefficient (Wildman–Crippen LogP) is 1.51. The summed E-state index contributed by atoms with van der Waals surface area (Å²) < 4.78 is 0. The summed E-state index contributed by atoms with van der Waals surface area (Å²) in [5.41, 5.74) is 0. The molecule has 0 unspecified atom stereocenters. The summed E-state index contributed by atoms with van der Waals surface area (Å²) in [4.78, 5) is 0. The molecule has 26 valence electrons. The van der Waals surface area contributed by atoms with Gasteiger partial charge >= 0.3 is 70.2 Å². The SMILES string of the molecule is [Br][In]([Br])[Br].[LiH]. The molecule has 0 heterocycles. The zero-order valence-corrected chi connectivity index (χ0v) is 9.76. The van der Waals surface area contributed by atoms with Gasteiger partial charge in [0, 0.05) is 0 Å². The quantitative estimate of drug-likeness (QED) is 0.573. The summed E-state index contributed by atoms with van der Waals surface area (Å²) in [6, 6.07) is 0. The second-order valence-corrected chi connectivity index (χ2v) is 44.8. The van der Waals surface area contributed by atoms with Gasteiger partial charge in [0.25, 0.3) is 0 Å². The van der Waals surface area contributed by atoms with Crippen LogP contribution in [0.1, 0.15) is 0 Å². The summed E-state index contributed by atoms with van der Waals surface area (Å²) in [5.74, 6) is 0. The summed E-state index contributed by atoms with van der Waals surface area (Å²) in [6.07, 6.45) is 0. The van der Waals surface area contributed by atoms with E-state index >= 15 is 0 Å². The summed E-state index contributed by atoms with van der Waals surface area (Å²) in [6.45, 7) is 0. The average molecular weight is 362 g/mol. The monoisotopic (exact) mass is 360 g/mol. The fourth-order valence-electron chi connectivity index (χ4n) is 0. The van der Waals surface area contributed by atoms with Crippen LogP contribution in [0.5, 0.6) is 0 Å². The van der Waals surface area contributed by atoms with Crippen molar-refractivity contribution in [3.8, 4) is 0 Å². The van der Waals surface area contributed by atoms with Gasteiger partial charge in [-0.1, -0.05) is 0 Å². The Balaban J connectivity index is 0. The molecule has 0 aliphatic rings. The van der Waals surface area contributed by atoms with Gasteiger partial charge in [0.1, 0.15) is 0 Å². The maximum atomic E-state index is 3.31. The van der Waals surface area contributed by atoms with Crippen molar-refractivity contribution < 1.29 is 0 Å². The van der Waals surface area contributed by atoms with Crippen molar-refractivity contribution in [1.82, 2.24) is 0 Å². The Morgan fingerprint density at radius 2 is 1.00 bits per heavy atom. The van der Waals surface area contributed by atoms with E-state index in [9.17, 15) is 0 Å². The van der Waals surface area contributed by atoms with Gasteiger partial charge in [-0.05, 0) is 0 Å². The molecule has 0 aromatic carbocycles. The molecule has 0 fully saturated rings. The first-order valence-corrected chi connectivity index (χ1v) is 22.8. The minimum absolute atomic E-state index is 0. The number of hydrogen-bond donors (Lipinski definition) is 0. The van der Waals surface area contributed by atoms with E-state index in [2.05, 4.69) is 36.9 Å². The Hall–Kier alpha value is 2.91. The molecule has 0 amide bonds. The molecule has 0 aromatic heterocycles. The van der Waals surface area contributed by atoms with Gasteiger partial charge in [-0.2, -0.15) is 0 Å². The fraction of sp³-hybridized carbons (Fsp3) is 0. The number of hydrogen-bond acceptors (Lipinski definition) is 0. The second kappa shape index (κ2) is 6.91. The molecule has 0 aliphatic carbocycles. The molecule has 5 heteroatoms. The molecular weight excluding hydrogens is 361 g/mol. The van der Waals surface area contributed by atoms with E-state index in [1.54, 1.807) is 0 Å². The van der Waals surface area contributed by atoms with Crippen LogP contribution in [0.2, 0.25) is 0 Å². The standard InChI is InChI=1S/3BrH.In.Li.H/h3*1H;;;/q;;;+3;;/p-3. The molecule has 5 heavy (non-hydrogen) atoms. The van der Waals surface area contributed by atoms with Crippen LogP contribution >= 0.6 is 36.9 Å². The van der Waals surface area contributed by atoms with E-state index < -0.39 is 14.4 Å². The molecule has 0 saturated heterocycles. The van der Waals surface area contributed by atoms with Crippen LogP contribution in [0.4, 0.5) is 0 Å². The Morgan fingerprint density at radius 3 is 1.00 bits per heavy atom. The fourth-order valence-corrected chi connectivity index (χ4v) is 0. The molecule has 0 rings (SSSR count). The Morgan fingerprint density at radius 1 is 1.00 bits per heavy atom. The molecular formula is HBr3InLi. The molecule has 0 aliphatic heterocycles. The molecule has 0 bridgehead atoms. The van der Waals surface area contributed by atoms with Crippen LogP contribution in [-0.4, -0.2) is 33.3 Å². The van der Waals surface area contributed by atoms with Crippen LogP contribution in [-0.2, 0) is 0 Å². The second-order valence-electron chi connectivity index (χ2n) is 0.247. The van der Waals surface area contributed by atoms with Crippen molar-refractivity contribution in [2.45, 2.75) is 0 Å². The van der Waals surface area contributed by atoms with Crippen molar-refractivity contribution in [2.75, 3.05) is 0 Å². The Kier molecular flexibility index (Phi) is 14.9. The molecule has 0 N–H and O–H groups in total. The van der Waals surface area contributed by atoms with Crippen molar-refractivity contribution in [1.29, 1.82) is 0 Å². The number of rotatable bonds is 0. The third kappa shape index (κ3) is 19.7. The van der Waals surface area contributed by atoms with E-state index in [4.69, 9.17) is 0 Å². The first kappa shape index (κ1) is 10.8. The molecule has 0 nitrogen and oxygen atoms in total. The van der Waals surface area contributed by atoms with Gasteiger partial charge < -0.3 is 0 Å². The average Bonchev–Trinajstić information content (AvgIpc) is 0.811. The third-order valence-electron chi connectivity index (χ3n) is 0. The topological polar surface area (TPSA) is 0 Å². The van der Waals surface area contributed by atoms with Gasteiger partial charge in [0.05, 0.1) is 0 Å². The van der Waals surface area contributed by atoms with Crippen LogP contribution in [0.15, 0.2) is 0 Å². The summed E-state index contributed by atoms with van der Waals surface area (Å²) >= 11 is 8.74. The van der Waals surface area contributed by atoms with Gasteiger partial charge in [-0.3, -0.25) is 0 Å². The van der Waals surface area contributed by atoms with Gasteiger partial charge in [-0.15, -0.1) is 0 Å². The van der Waals surface area contributed by atoms with Gasteiger partial charge in [0.2, 0.25) is 0 Å². The first-order chi connectivity index (χ1) is 1.73. The van der Waals surface area contributed by atoms with Gasteiger partial charge in [0.15, 0.2) is 0 Å². The van der Waals surface area contributed by atoms with E-state index in [0.29, 0.717) is 0 Å². The van der Waals surface area contributed by atoms with Gasteiger partial charge in [-0.25, -0.2) is 0 Å². The third-order valence-corrected chi connectivity index (χ3v) is 0. The van der Waals surface area contributed by atoms with Crippen molar-refractivity contribution >= 4 is 70.2 Å². The van der Waals surface area contributed by atoms with Crippen LogP contribution in [0, 0.1) is 0 Å². The summed E-state index contributed by atoms with van der Waals surface area (Å²) in [7, 11) is 0. The van der Waals surface area contributed by atoms with E-state index in [1.165, 1.54) is 0 Å².